The monoisotopic (exact) mass is 423 g/mol. The molecular formula is C22H18ClN3O2S. The lowest BCUT2D eigenvalue weighted by atomic mass is 10.2. The molecule has 146 valence electrons. The van der Waals surface area contributed by atoms with E-state index in [4.69, 9.17) is 11.6 Å². The average molecular weight is 424 g/mol. The molecule has 0 saturated heterocycles. The van der Waals surface area contributed by atoms with Crippen molar-refractivity contribution in [3.8, 4) is 0 Å². The molecule has 0 atom stereocenters. The van der Waals surface area contributed by atoms with Crippen LogP contribution >= 0.6 is 11.6 Å². The molecule has 0 fully saturated rings. The largest absolute Gasteiger partial charge is 0.265 e. The first-order valence-corrected chi connectivity index (χ1v) is 10.8. The number of anilines is 1. The number of halogens is 1. The molecule has 0 bridgehead atoms. The van der Waals surface area contributed by atoms with Crippen molar-refractivity contribution < 1.29 is 8.42 Å². The van der Waals surface area contributed by atoms with Crippen LogP contribution in [0.15, 0.2) is 83.8 Å². The number of fused-ring (bicyclic) bond motifs is 1. The SMILES string of the molecule is Cc1ccc(S(=O)(=O)N(Cc2ccccc2)c2nc3ccccc3nc2Cl)cc1. The Morgan fingerprint density at radius 3 is 2.07 bits per heavy atom. The first-order chi connectivity index (χ1) is 13.9. The topological polar surface area (TPSA) is 63.2 Å². The van der Waals surface area contributed by atoms with Gasteiger partial charge in [-0.15, -0.1) is 0 Å². The van der Waals surface area contributed by atoms with E-state index in [1.165, 1.54) is 4.31 Å². The van der Waals surface area contributed by atoms with Gasteiger partial charge in [0.2, 0.25) is 0 Å². The van der Waals surface area contributed by atoms with Crippen molar-refractivity contribution in [1.82, 2.24) is 9.97 Å². The Bertz CT molecular complexity index is 1260. The molecule has 0 radical (unpaired) electrons. The molecular weight excluding hydrogens is 406 g/mol. The van der Waals surface area contributed by atoms with E-state index in [2.05, 4.69) is 9.97 Å². The van der Waals surface area contributed by atoms with Crippen molar-refractivity contribution in [3.05, 3.63) is 95.1 Å². The summed E-state index contributed by atoms with van der Waals surface area (Å²) >= 11 is 6.40. The van der Waals surface area contributed by atoms with Crippen LogP contribution in [0.1, 0.15) is 11.1 Å². The number of sulfonamides is 1. The van der Waals surface area contributed by atoms with E-state index < -0.39 is 10.0 Å². The smallest absolute Gasteiger partial charge is 0.243 e. The highest BCUT2D eigenvalue weighted by Gasteiger charge is 2.29. The van der Waals surface area contributed by atoms with Gasteiger partial charge in [0, 0.05) is 0 Å². The minimum absolute atomic E-state index is 0.0373. The number of aryl methyl sites for hydroxylation is 1. The van der Waals surface area contributed by atoms with Gasteiger partial charge in [0.1, 0.15) is 0 Å². The number of hydrogen-bond acceptors (Lipinski definition) is 4. The zero-order valence-corrected chi connectivity index (χ0v) is 17.2. The Morgan fingerprint density at radius 2 is 1.41 bits per heavy atom. The van der Waals surface area contributed by atoms with Gasteiger partial charge >= 0.3 is 0 Å². The van der Waals surface area contributed by atoms with Crippen LogP contribution in [0.2, 0.25) is 5.15 Å². The number of aromatic nitrogens is 2. The van der Waals surface area contributed by atoms with Gasteiger partial charge in [0.15, 0.2) is 11.0 Å². The van der Waals surface area contributed by atoms with Gasteiger partial charge in [-0.25, -0.2) is 22.7 Å². The Hall–Kier alpha value is -2.96. The van der Waals surface area contributed by atoms with Gasteiger partial charge in [-0.3, -0.25) is 0 Å². The minimum Gasteiger partial charge on any atom is -0.243 e. The van der Waals surface area contributed by atoms with Crippen LogP contribution in [-0.4, -0.2) is 18.4 Å². The van der Waals surface area contributed by atoms with E-state index in [0.717, 1.165) is 11.1 Å². The van der Waals surface area contributed by atoms with Crippen LogP contribution < -0.4 is 4.31 Å². The molecule has 0 aliphatic rings. The maximum absolute atomic E-state index is 13.5. The zero-order chi connectivity index (χ0) is 20.4. The summed E-state index contributed by atoms with van der Waals surface area (Å²) in [7, 11) is -3.91. The van der Waals surface area contributed by atoms with Crippen molar-refractivity contribution in [2.24, 2.45) is 0 Å². The quantitative estimate of drug-likeness (QED) is 0.453. The highest BCUT2D eigenvalue weighted by atomic mass is 35.5. The summed E-state index contributed by atoms with van der Waals surface area (Å²) in [5.41, 5.74) is 2.97. The summed E-state index contributed by atoms with van der Waals surface area (Å²) < 4.78 is 28.3. The average Bonchev–Trinajstić information content (AvgIpc) is 2.73. The second-order valence-corrected chi connectivity index (χ2v) is 8.86. The minimum atomic E-state index is -3.91. The Kier molecular flexibility index (Phi) is 5.22. The first kappa shape index (κ1) is 19.4. The second-order valence-electron chi connectivity index (χ2n) is 6.64. The fourth-order valence-corrected chi connectivity index (χ4v) is 4.68. The van der Waals surface area contributed by atoms with Crippen LogP contribution in [0.25, 0.3) is 11.0 Å². The van der Waals surface area contributed by atoms with E-state index >= 15 is 0 Å². The van der Waals surface area contributed by atoms with Crippen molar-refractivity contribution >= 4 is 38.5 Å². The standard InChI is InChI=1S/C22H18ClN3O2S/c1-16-11-13-18(14-12-16)29(27,28)26(15-17-7-3-2-4-8-17)22-21(23)24-19-9-5-6-10-20(19)25-22/h2-14H,15H2,1H3. The van der Waals surface area contributed by atoms with Crippen LogP contribution in [0.5, 0.6) is 0 Å². The van der Waals surface area contributed by atoms with Crippen LogP contribution in [-0.2, 0) is 16.6 Å². The van der Waals surface area contributed by atoms with Crippen molar-refractivity contribution in [2.45, 2.75) is 18.4 Å². The molecule has 0 N–H and O–H groups in total. The fraction of sp³-hybridized carbons (Fsp3) is 0.0909. The Morgan fingerprint density at radius 1 is 0.828 bits per heavy atom. The zero-order valence-electron chi connectivity index (χ0n) is 15.7. The molecule has 3 aromatic carbocycles. The van der Waals surface area contributed by atoms with Crippen LogP contribution in [0.4, 0.5) is 5.82 Å². The van der Waals surface area contributed by atoms with Gasteiger partial charge in [-0.1, -0.05) is 71.8 Å². The predicted molar refractivity (Wildman–Crippen MR) is 116 cm³/mol. The van der Waals surface area contributed by atoms with Crippen molar-refractivity contribution in [3.63, 3.8) is 0 Å². The molecule has 7 heteroatoms. The molecule has 4 aromatic rings. The van der Waals surface area contributed by atoms with E-state index in [-0.39, 0.29) is 22.4 Å². The highest BCUT2D eigenvalue weighted by molar-refractivity contribution is 7.92. The molecule has 0 aliphatic carbocycles. The summed E-state index contributed by atoms with van der Waals surface area (Å²) in [4.78, 5) is 9.06. The van der Waals surface area contributed by atoms with Crippen LogP contribution in [0, 0.1) is 6.92 Å². The maximum atomic E-state index is 13.5. The molecule has 29 heavy (non-hydrogen) atoms. The molecule has 5 nitrogen and oxygen atoms in total. The summed E-state index contributed by atoms with van der Waals surface area (Å²) in [5.74, 6) is 0.106. The molecule has 4 rings (SSSR count). The third-order valence-corrected chi connectivity index (χ3v) is 6.53. The molecule has 0 spiro atoms. The number of nitrogens with zero attached hydrogens (tertiary/aromatic N) is 3. The third kappa shape index (κ3) is 3.95. The summed E-state index contributed by atoms with van der Waals surface area (Å²) in [6, 6.07) is 23.3. The third-order valence-electron chi connectivity index (χ3n) is 4.53. The number of para-hydroxylation sites is 2. The van der Waals surface area contributed by atoms with Crippen molar-refractivity contribution in [1.29, 1.82) is 0 Å². The van der Waals surface area contributed by atoms with Crippen molar-refractivity contribution in [2.75, 3.05) is 4.31 Å². The number of hydrogen-bond donors (Lipinski definition) is 0. The Balaban J connectivity index is 1.89. The number of rotatable bonds is 5. The van der Waals surface area contributed by atoms with E-state index in [1.54, 1.807) is 36.4 Å². The van der Waals surface area contributed by atoms with Crippen LogP contribution in [0.3, 0.4) is 0 Å². The van der Waals surface area contributed by atoms with Gasteiger partial charge in [0.25, 0.3) is 10.0 Å². The molecule has 0 aliphatic heterocycles. The summed E-state index contributed by atoms with van der Waals surface area (Å²) in [5, 5.41) is 0.0373. The van der Waals surface area contributed by atoms with E-state index in [1.807, 2.05) is 49.4 Å². The highest BCUT2D eigenvalue weighted by Crippen LogP contribution is 2.31. The molecule has 1 heterocycles. The lowest BCUT2D eigenvalue weighted by molar-refractivity contribution is 0.589. The molecule has 0 amide bonds. The number of benzene rings is 3. The molecule has 1 aromatic heterocycles. The van der Waals surface area contributed by atoms with Gasteiger partial charge in [-0.05, 0) is 36.8 Å². The van der Waals surface area contributed by atoms with E-state index in [9.17, 15) is 8.42 Å². The second kappa shape index (κ2) is 7.81. The first-order valence-electron chi connectivity index (χ1n) is 9.01. The molecule has 0 unspecified atom stereocenters. The molecule has 0 saturated carbocycles. The van der Waals surface area contributed by atoms with Gasteiger partial charge in [-0.2, -0.15) is 0 Å². The fourth-order valence-electron chi connectivity index (χ4n) is 2.99. The lowest BCUT2D eigenvalue weighted by Crippen LogP contribution is -2.31. The van der Waals surface area contributed by atoms with E-state index in [0.29, 0.717) is 11.0 Å². The van der Waals surface area contributed by atoms with Gasteiger partial charge < -0.3 is 0 Å². The normalized spacial score (nSPS) is 11.5. The summed E-state index contributed by atoms with van der Waals surface area (Å²) in [6.07, 6.45) is 0. The Labute approximate surface area is 174 Å². The summed E-state index contributed by atoms with van der Waals surface area (Å²) in [6.45, 7) is 1.99. The predicted octanol–water partition coefficient (Wildman–Crippen LogP) is 4.99. The lowest BCUT2D eigenvalue weighted by Gasteiger charge is -2.24. The van der Waals surface area contributed by atoms with Gasteiger partial charge in [0.05, 0.1) is 22.5 Å². The maximum Gasteiger partial charge on any atom is 0.265 e.